The van der Waals surface area contributed by atoms with Gasteiger partial charge in [0.15, 0.2) is 0 Å². The van der Waals surface area contributed by atoms with Gasteiger partial charge in [-0.15, -0.1) is 0 Å². The summed E-state index contributed by atoms with van der Waals surface area (Å²) in [6, 6.07) is 16.6. The molecule has 0 spiro atoms. The van der Waals surface area contributed by atoms with Crippen LogP contribution in [0.5, 0.6) is 5.75 Å². The molecule has 2 aliphatic rings. The van der Waals surface area contributed by atoms with Crippen LogP contribution in [-0.4, -0.2) is 61.8 Å². The maximum Gasteiger partial charge on any atom is 0.127 e. The van der Waals surface area contributed by atoms with Gasteiger partial charge in [0.05, 0.1) is 6.61 Å². The van der Waals surface area contributed by atoms with Crippen LogP contribution in [0.4, 0.5) is 0 Å². The molecule has 4 rings (SSSR count). The Morgan fingerprint density at radius 3 is 2.62 bits per heavy atom. The molecule has 0 amide bonds. The van der Waals surface area contributed by atoms with E-state index in [9.17, 15) is 0 Å². The number of fused-ring (bicyclic) bond motifs is 1. The van der Waals surface area contributed by atoms with E-state index >= 15 is 0 Å². The van der Waals surface area contributed by atoms with Gasteiger partial charge in [-0.3, -0.25) is 14.6 Å². The van der Waals surface area contributed by atoms with Crippen molar-refractivity contribution >= 4 is 27.6 Å². The average molecular weight is 498 g/mol. The molecule has 1 saturated heterocycles. The number of nitrogens with zero attached hydrogens (tertiary/aromatic N) is 2. The Hall–Kier alpha value is -1.96. The smallest absolute Gasteiger partial charge is 0.127 e. The fraction of sp³-hybridized carbons (Fsp3) is 0.385. The number of hydrogen-bond acceptors (Lipinski definition) is 5. The summed E-state index contributed by atoms with van der Waals surface area (Å²) >= 11 is 3.50. The molecular formula is C26H32BrN3O2. The van der Waals surface area contributed by atoms with E-state index in [2.05, 4.69) is 75.6 Å². The van der Waals surface area contributed by atoms with Crippen LogP contribution >= 0.6 is 15.9 Å². The van der Waals surface area contributed by atoms with Crippen molar-refractivity contribution in [2.45, 2.75) is 13.0 Å². The number of nitrogens with two attached hydrogens (primary N) is 1. The molecule has 0 radical (unpaired) electrons. The van der Waals surface area contributed by atoms with Crippen LogP contribution in [0.1, 0.15) is 18.1 Å². The summed E-state index contributed by atoms with van der Waals surface area (Å²) in [5.41, 5.74) is 4.72. The summed E-state index contributed by atoms with van der Waals surface area (Å²) in [6.45, 7) is 12.9. The highest BCUT2D eigenvalue weighted by atomic mass is 79.9. The zero-order valence-electron chi connectivity index (χ0n) is 18.7. The van der Waals surface area contributed by atoms with Gasteiger partial charge in [0.2, 0.25) is 0 Å². The molecule has 2 heterocycles. The van der Waals surface area contributed by atoms with Crippen LogP contribution in [0.15, 0.2) is 65.2 Å². The Labute approximate surface area is 199 Å². The monoisotopic (exact) mass is 497 g/mol. The molecule has 0 aliphatic carbocycles. The molecule has 0 saturated carbocycles. The topological polar surface area (TPSA) is 51.0 Å². The minimum absolute atomic E-state index is 0.0442. The number of halogens is 1. The number of hydrogen-bond donors (Lipinski definition) is 1. The Morgan fingerprint density at radius 2 is 1.91 bits per heavy atom. The minimum atomic E-state index is -0.148. The Kier molecular flexibility index (Phi) is 7.81. The summed E-state index contributed by atoms with van der Waals surface area (Å²) in [5, 5.41) is 0. The number of piperazine rings is 1. The van der Waals surface area contributed by atoms with Gasteiger partial charge < -0.3 is 4.74 Å². The molecule has 2 unspecified atom stereocenters. The van der Waals surface area contributed by atoms with Crippen molar-refractivity contribution in [3.05, 3.63) is 76.3 Å². The molecule has 0 aromatic heterocycles. The van der Waals surface area contributed by atoms with E-state index < -0.39 is 0 Å². The Morgan fingerprint density at radius 1 is 1.19 bits per heavy atom. The molecule has 2 aromatic rings. The van der Waals surface area contributed by atoms with Crippen molar-refractivity contribution in [2.75, 3.05) is 45.9 Å². The summed E-state index contributed by atoms with van der Waals surface area (Å²) in [4.78, 5) is 10.4. The highest BCUT2D eigenvalue weighted by Gasteiger charge is 2.33. The highest BCUT2D eigenvalue weighted by Crippen LogP contribution is 2.38. The fourth-order valence-corrected chi connectivity index (χ4v) is 4.91. The van der Waals surface area contributed by atoms with E-state index in [0.717, 1.165) is 60.6 Å². The second-order valence-electron chi connectivity index (χ2n) is 8.74. The van der Waals surface area contributed by atoms with Crippen molar-refractivity contribution in [1.82, 2.24) is 9.80 Å². The Balaban J connectivity index is 1.30. The van der Waals surface area contributed by atoms with Crippen molar-refractivity contribution in [3.8, 4) is 5.75 Å². The third kappa shape index (κ3) is 5.69. The van der Waals surface area contributed by atoms with Crippen LogP contribution in [0.2, 0.25) is 0 Å². The zero-order chi connectivity index (χ0) is 22.5. The van der Waals surface area contributed by atoms with Gasteiger partial charge in [-0.25, -0.2) is 5.90 Å². The van der Waals surface area contributed by atoms with Gasteiger partial charge in [0.25, 0.3) is 0 Å². The highest BCUT2D eigenvalue weighted by molar-refractivity contribution is 9.10. The first kappa shape index (κ1) is 23.2. The summed E-state index contributed by atoms with van der Waals surface area (Å²) in [6.07, 6.45) is 2.13. The maximum atomic E-state index is 6.01. The molecule has 2 aromatic carbocycles. The van der Waals surface area contributed by atoms with Crippen molar-refractivity contribution in [1.29, 1.82) is 0 Å². The van der Waals surface area contributed by atoms with E-state index in [0.29, 0.717) is 6.61 Å². The van der Waals surface area contributed by atoms with E-state index in [1.54, 1.807) is 0 Å². The SMILES string of the molecule is C=C1c2ccc(Br)cc2OCC1C(CN1CCN(C/C(C)=C/c2ccccc2)CC1)ON. The lowest BCUT2D eigenvalue weighted by Gasteiger charge is -2.39. The van der Waals surface area contributed by atoms with E-state index in [-0.39, 0.29) is 12.0 Å². The first-order valence-electron chi connectivity index (χ1n) is 11.2. The normalized spacial score (nSPS) is 21.2. The van der Waals surface area contributed by atoms with Gasteiger partial charge in [-0.05, 0) is 36.3 Å². The second-order valence-corrected chi connectivity index (χ2v) is 9.65. The van der Waals surface area contributed by atoms with Crippen molar-refractivity contribution in [3.63, 3.8) is 0 Å². The van der Waals surface area contributed by atoms with Crippen LogP contribution in [0.25, 0.3) is 11.6 Å². The van der Waals surface area contributed by atoms with E-state index in [4.69, 9.17) is 15.5 Å². The lowest BCUT2D eigenvalue weighted by atomic mass is 9.87. The van der Waals surface area contributed by atoms with Gasteiger partial charge in [-0.1, -0.05) is 64.5 Å². The third-order valence-corrected chi connectivity index (χ3v) is 6.86. The summed E-state index contributed by atoms with van der Waals surface area (Å²) in [5.74, 6) is 6.65. The van der Waals surface area contributed by atoms with Crippen molar-refractivity contribution < 1.29 is 9.57 Å². The summed E-state index contributed by atoms with van der Waals surface area (Å²) < 4.78 is 7.01. The molecule has 0 bridgehead atoms. The standard InChI is InChI=1S/C26H32BrN3O2/c1-19(14-21-6-4-3-5-7-21)16-29-10-12-30(13-11-29)17-26(32-28)24-18-31-25-15-22(27)8-9-23(25)20(24)2/h3-9,14-15,24,26H,2,10-13,16-18,28H2,1H3/b19-14+. The lowest BCUT2D eigenvalue weighted by Crippen LogP contribution is -2.51. The second kappa shape index (κ2) is 10.8. The van der Waals surface area contributed by atoms with Crippen LogP contribution in [0, 0.1) is 5.92 Å². The molecule has 2 aliphatic heterocycles. The Bertz CT molecular complexity index is 955. The van der Waals surface area contributed by atoms with Gasteiger partial charge in [0.1, 0.15) is 11.9 Å². The predicted octanol–water partition coefficient (Wildman–Crippen LogP) is 4.45. The molecule has 2 atom stereocenters. The molecule has 2 N–H and O–H groups in total. The van der Waals surface area contributed by atoms with Crippen LogP contribution < -0.4 is 10.6 Å². The minimum Gasteiger partial charge on any atom is -0.492 e. The maximum absolute atomic E-state index is 6.01. The molecular weight excluding hydrogens is 466 g/mol. The quantitative estimate of drug-likeness (QED) is 0.572. The van der Waals surface area contributed by atoms with Crippen molar-refractivity contribution in [2.24, 2.45) is 11.8 Å². The van der Waals surface area contributed by atoms with Gasteiger partial charge in [0, 0.05) is 55.2 Å². The van der Waals surface area contributed by atoms with Gasteiger partial charge >= 0.3 is 0 Å². The zero-order valence-corrected chi connectivity index (χ0v) is 20.3. The lowest BCUT2D eigenvalue weighted by molar-refractivity contribution is -0.0178. The predicted molar refractivity (Wildman–Crippen MR) is 134 cm³/mol. The van der Waals surface area contributed by atoms with E-state index in [1.807, 2.05) is 18.2 Å². The number of rotatable bonds is 7. The first-order chi connectivity index (χ1) is 15.5. The van der Waals surface area contributed by atoms with Gasteiger partial charge in [-0.2, -0.15) is 0 Å². The third-order valence-electron chi connectivity index (χ3n) is 6.37. The molecule has 5 nitrogen and oxygen atoms in total. The van der Waals surface area contributed by atoms with E-state index in [1.165, 1.54) is 11.1 Å². The van der Waals surface area contributed by atoms with Crippen LogP contribution in [0.3, 0.4) is 0 Å². The molecule has 1 fully saturated rings. The largest absolute Gasteiger partial charge is 0.492 e. The molecule has 32 heavy (non-hydrogen) atoms. The molecule has 6 heteroatoms. The molecule has 170 valence electrons. The fourth-order valence-electron chi connectivity index (χ4n) is 4.57. The summed E-state index contributed by atoms with van der Waals surface area (Å²) in [7, 11) is 0. The number of benzene rings is 2. The number of ether oxygens (including phenoxy) is 1. The van der Waals surface area contributed by atoms with Crippen LogP contribution in [-0.2, 0) is 4.84 Å². The average Bonchev–Trinajstić information content (AvgIpc) is 2.80. The first-order valence-corrected chi connectivity index (χ1v) is 12.0.